The Morgan fingerprint density at radius 3 is 2.54 bits per heavy atom. The normalized spacial score (nSPS) is 16.0. The van der Waals surface area contributed by atoms with Gasteiger partial charge in [-0.05, 0) is 19.2 Å². The summed E-state index contributed by atoms with van der Waals surface area (Å²) in [6, 6.07) is 3.67. The van der Waals surface area contributed by atoms with E-state index >= 15 is 0 Å². The SMILES string of the molecule is CN1CCN(c2ncnc3c2cnn3-c2ccc(F)c(F)c2)CC1. The van der Waals surface area contributed by atoms with E-state index in [9.17, 15) is 8.78 Å². The highest BCUT2D eigenvalue weighted by atomic mass is 19.2. The second-order valence-electron chi connectivity index (χ2n) is 5.88. The fourth-order valence-electron chi connectivity index (χ4n) is 2.91. The van der Waals surface area contributed by atoms with Crippen molar-refractivity contribution in [2.75, 3.05) is 38.1 Å². The van der Waals surface area contributed by atoms with E-state index in [2.05, 4.69) is 31.9 Å². The fourth-order valence-corrected chi connectivity index (χ4v) is 2.91. The van der Waals surface area contributed by atoms with Crippen LogP contribution >= 0.6 is 0 Å². The highest BCUT2D eigenvalue weighted by molar-refractivity contribution is 5.87. The molecule has 6 nitrogen and oxygen atoms in total. The highest BCUT2D eigenvalue weighted by Gasteiger charge is 2.20. The predicted octanol–water partition coefficient (Wildman–Crippen LogP) is 1.85. The predicted molar refractivity (Wildman–Crippen MR) is 86.3 cm³/mol. The minimum Gasteiger partial charge on any atom is -0.353 e. The van der Waals surface area contributed by atoms with Crippen molar-refractivity contribution in [1.29, 1.82) is 0 Å². The summed E-state index contributed by atoms with van der Waals surface area (Å²) in [5.41, 5.74) is 0.997. The van der Waals surface area contributed by atoms with Gasteiger partial charge in [0.25, 0.3) is 0 Å². The maximum Gasteiger partial charge on any atom is 0.168 e. The molecule has 0 N–H and O–H groups in total. The summed E-state index contributed by atoms with van der Waals surface area (Å²) in [5.74, 6) is -0.977. The smallest absolute Gasteiger partial charge is 0.168 e. The van der Waals surface area contributed by atoms with E-state index in [4.69, 9.17) is 0 Å². The lowest BCUT2D eigenvalue weighted by Gasteiger charge is -2.33. The van der Waals surface area contributed by atoms with Crippen LogP contribution in [0.25, 0.3) is 16.7 Å². The van der Waals surface area contributed by atoms with Gasteiger partial charge in [-0.15, -0.1) is 0 Å². The van der Waals surface area contributed by atoms with Crippen LogP contribution in [-0.4, -0.2) is 57.9 Å². The summed E-state index contributed by atoms with van der Waals surface area (Å²) in [6.07, 6.45) is 3.15. The lowest BCUT2D eigenvalue weighted by Crippen LogP contribution is -2.44. The maximum atomic E-state index is 13.5. The molecule has 1 aromatic carbocycles. The number of hydrogen-bond acceptors (Lipinski definition) is 5. The van der Waals surface area contributed by atoms with Crippen LogP contribution in [0.5, 0.6) is 0 Å². The number of piperazine rings is 1. The molecule has 0 saturated carbocycles. The van der Waals surface area contributed by atoms with Crippen LogP contribution in [0, 0.1) is 11.6 Å². The standard InChI is InChI=1S/C16H16F2N6/c1-22-4-6-23(7-5-22)15-12-9-21-24(16(12)20-10-19-15)11-2-3-13(17)14(18)8-11/h2-3,8-10H,4-7H2,1H3. The third kappa shape index (κ3) is 2.48. The van der Waals surface area contributed by atoms with E-state index in [1.165, 1.54) is 17.1 Å². The first kappa shape index (κ1) is 14.9. The van der Waals surface area contributed by atoms with E-state index < -0.39 is 11.6 Å². The van der Waals surface area contributed by atoms with Gasteiger partial charge in [0, 0.05) is 32.2 Å². The van der Waals surface area contributed by atoms with Crippen molar-refractivity contribution in [3.8, 4) is 5.69 Å². The Hall–Kier alpha value is -2.61. The molecule has 1 saturated heterocycles. The molecule has 0 unspecified atom stereocenters. The zero-order chi connectivity index (χ0) is 16.7. The van der Waals surface area contributed by atoms with Gasteiger partial charge in [-0.1, -0.05) is 0 Å². The minimum absolute atomic E-state index is 0.423. The molecule has 2 aromatic heterocycles. The summed E-state index contributed by atoms with van der Waals surface area (Å²) >= 11 is 0. The number of halogens is 2. The zero-order valence-electron chi connectivity index (χ0n) is 13.2. The van der Waals surface area contributed by atoms with E-state index in [0.717, 1.165) is 49.5 Å². The van der Waals surface area contributed by atoms with Gasteiger partial charge in [0.05, 0.1) is 17.3 Å². The number of fused-ring (bicyclic) bond motifs is 1. The molecular formula is C16H16F2N6. The average Bonchev–Trinajstić information content (AvgIpc) is 3.02. The van der Waals surface area contributed by atoms with E-state index in [1.54, 1.807) is 6.20 Å². The molecule has 124 valence electrons. The number of hydrogen-bond donors (Lipinski definition) is 0. The van der Waals surface area contributed by atoms with Crippen molar-refractivity contribution in [3.05, 3.63) is 42.4 Å². The van der Waals surface area contributed by atoms with Crippen LogP contribution in [-0.2, 0) is 0 Å². The topological polar surface area (TPSA) is 50.1 Å². The number of rotatable bonds is 2. The Morgan fingerprint density at radius 2 is 1.79 bits per heavy atom. The van der Waals surface area contributed by atoms with Gasteiger partial charge in [-0.2, -0.15) is 5.10 Å². The van der Waals surface area contributed by atoms with Gasteiger partial charge in [0.15, 0.2) is 17.3 Å². The Balaban J connectivity index is 1.77. The van der Waals surface area contributed by atoms with Crippen LogP contribution in [0.1, 0.15) is 0 Å². The van der Waals surface area contributed by atoms with E-state index in [0.29, 0.717) is 11.3 Å². The molecule has 8 heteroatoms. The molecule has 0 radical (unpaired) electrons. The van der Waals surface area contributed by atoms with Crippen molar-refractivity contribution in [2.45, 2.75) is 0 Å². The van der Waals surface area contributed by atoms with E-state index in [-0.39, 0.29) is 0 Å². The fraction of sp³-hybridized carbons (Fsp3) is 0.312. The Kier molecular flexibility index (Phi) is 3.61. The maximum absolute atomic E-state index is 13.5. The third-order valence-corrected chi connectivity index (χ3v) is 4.30. The van der Waals surface area contributed by atoms with Crippen molar-refractivity contribution in [1.82, 2.24) is 24.6 Å². The molecule has 0 bridgehead atoms. The van der Waals surface area contributed by atoms with Crippen molar-refractivity contribution < 1.29 is 8.78 Å². The van der Waals surface area contributed by atoms with Crippen molar-refractivity contribution in [3.63, 3.8) is 0 Å². The summed E-state index contributed by atoms with van der Waals surface area (Å²) in [4.78, 5) is 13.1. The molecule has 0 atom stereocenters. The zero-order valence-corrected chi connectivity index (χ0v) is 13.2. The summed E-state index contributed by atoms with van der Waals surface area (Å²) < 4.78 is 28.2. The van der Waals surface area contributed by atoms with Crippen LogP contribution in [0.15, 0.2) is 30.7 Å². The van der Waals surface area contributed by atoms with Gasteiger partial charge in [-0.3, -0.25) is 0 Å². The molecular weight excluding hydrogens is 314 g/mol. The molecule has 1 aliphatic heterocycles. The Morgan fingerprint density at radius 1 is 1.00 bits per heavy atom. The van der Waals surface area contributed by atoms with Crippen LogP contribution < -0.4 is 4.90 Å². The second kappa shape index (κ2) is 5.79. The lowest BCUT2D eigenvalue weighted by atomic mass is 10.3. The van der Waals surface area contributed by atoms with Crippen molar-refractivity contribution >= 4 is 16.9 Å². The molecule has 0 amide bonds. The minimum atomic E-state index is -0.913. The molecule has 3 heterocycles. The monoisotopic (exact) mass is 330 g/mol. The quantitative estimate of drug-likeness (QED) is 0.718. The summed E-state index contributed by atoms with van der Waals surface area (Å²) in [6.45, 7) is 3.67. The van der Waals surface area contributed by atoms with Gasteiger partial charge >= 0.3 is 0 Å². The number of nitrogens with zero attached hydrogens (tertiary/aromatic N) is 6. The highest BCUT2D eigenvalue weighted by Crippen LogP contribution is 2.25. The average molecular weight is 330 g/mol. The number of likely N-dealkylation sites (N-methyl/N-ethyl adjacent to an activating group) is 1. The summed E-state index contributed by atoms with van der Waals surface area (Å²) in [5, 5.41) is 5.09. The Labute approximate surface area is 137 Å². The first-order chi connectivity index (χ1) is 11.6. The van der Waals surface area contributed by atoms with Gasteiger partial charge in [0.2, 0.25) is 0 Å². The van der Waals surface area contributed by atoms with Crippen LogP contribution in [0.2, 0.25) is 0 Å². The first-order valence-corrected chi connectivity index (χ1v) is 7.71. The molecule has 3 aromatic rings. The van der Waals surface area contributed by atoms with Crippen LogP contribution in [0.3, 0.4) is 0 Å². The van der Waals surface area contributed by atoms with E-state index in [1.807, 2.05) is 0 Å². The number of anilines is 1. The lowest BCUT2D eigenvalue weighted by molar-refractivity contribution is 0.312. The third-order valence-electron chi connectivity index (χ3n) is 4.30. The number of aromatic nitrogens is 4. The molecule has 0 aliphatic carbocycles. The Bertz CT molecular complexity index is 885. The molecule has 4 rings (SSSR count). The summed E-state index contributed by atoms with van der Waals surface area (Å²) in [7, 11) is 2.09. The van der Waals surface area contributed by atoms with Gasteiger partial charge in [-0.25, -0.2) is 23.4 Å². The molecule has 24 heavy (non-hydrogen) atoms. The van der Waals surface area contributed by atoms with Gasteiger partial charge < -0.3 is 9.80 Å². The number of benzene rings is 1. The van der Waals surface area contributed by atoms with Crippen LogP contribution in [0.4, 0.5) is 14.6 Å². The molecule has 0 spiro atoms. The molecule has 1 fully saturated rings. The van der Waals surface area contributed by atoms with Gasteiger partial charge in [0.1, 0.15) is 12.1 Å². The van der Waals surface area contributed by atoms with Crippen molar-refractivity contribution in [2.24, 2.45) is 0 Å². The largest absolute Gasteiger partial charge is 0.353 e. The second-order valence-corrected chi connectivity index (χ2v) is 5.88. The first-order valence-electron chi connectivity index (χ1n) is 7.71. The molecule has 1 aliphatic rings.